The summed E-state index contributed by atoms with van der Waals surface area (Å²) in [5.74, 6) is -38.9. The van der Waals surface area contributed by atoms with Crippen LogP contribution in [0.1, 0.15) is 6.92 Å². The molecule has 0 aliphatic heterocycles. The molecule has 0 heterocycles. The molecule has 0 saturated carbocycles. The van der Waals surface area contributed by atoms with Gasteiger partial charge >= 0.3 is 29.6 Å². The van der Waals surface area contributed by atoms with Gasteiger partial charge < -0.3 is 0 Å². The van der Waals surface area contributed by atoms with Gasteiger partial charge in [0, 0.05) is 0 Å². The maximum absolute atomic E-state index is 13.0. The molecule has 0 spiro atoms. The Morgan fingerprint density at radius 3 is 1.32 bits per heavy atom. The lowest BCUT2D eigenvalue weighted by Gasteiger charge is -2.40. The third-order valence-electron chi connectivity index (χ3n) is 2.78. The molecular weight excluding hydrogens is 355 g/mol. The average Bonchev–Trinajstić information content (AvgIpc) is 2.36. The maximum atomic E-state index is 13.0. The van der Waals surface area contributed by atoms with Gasteiger partial charge in [0.05, 0.1) is 5.92 Å². The second-order valence-electron chi connectivity index (χ2n) is 4.31. The Morgan fingerprint density at radius 1 is 0.682 bits per heavy atom. The van der Waals surface area contributed by atoms with E-state index in [1.54, 1.807) is 0 Å². The Bertz CT molecular complexity index is 385. The van der Waals surface area contributed by atoms with Gasteiger partial charge in [0.2, 0.25) is 6.43 Å². The molecule has 0 saturated heterocycles. The van der Waals surface area contributed by atoms with E-state index in [0.717, 1.165) is 0 Å². The predicted molar refractivity (Wildman–Crippen MR) is 45.9 cm³/mol. The molecule has 0 rings (SSSR count). The van der Waals surface area contributed by atoms with Crippen molar-refractivity contribution in [2.75, 3.05) is 6.67 Å². The van der Waals surface area contributed by atoms with Gasteiger partial charge in [-0.3, -0.25) is 0 Å². The van der Waals surface area contributed by atoms with Gasteiger partial charge in [-0.1, -0.05) is 6.92 Å². The summed E-state index contributed by atoms with van der Waals surface area (Å²) in [7, 11) is 0. The van der Waals surface area contributed by atoms with Crippen LogP contribution in [0.2, 0.25) is 0 Å². The molecule has 134 valence electrons. The molecular formula is C9H7F13. The third kappa shape index (κ3) is 2.70. The molecule has 0 aromatic carbocycles. The van der Waals surface area contributed by atoms with E-state index in [1.165, 1.54) is 0 Å². The summed E-state index contributed by atoms with van der Waals surface area (Å²) in [6.45, 7) is -3.94. The van der Waals surface area contributed by atoms with E-state index in [9.17, 15) is 57.1 Å². The lowest BCUT2D eigenvalue weighted by molar-refractivity contribution is -0.410. The van der Waals surface area contributed by atoms with E-state index < -0.39 is 48.6 Å². The molecule has 0 amide bonds. The normalized spacial score (nSPS) is 17.0. The fourth-order valence-corrected chi connectivity index (χ4v) is 1.16. The van der Waals surface area contributed by atoms with E-state index in [1.807, 2.05) is 0 Å². The average molecular weight is 362 g/mol. The summed E-state index contributed by atoms with van der Waals surface area (Å²) in [6, 6.07) is 0. The standard InChI is InChI=1S/C9H7F13/c1-3(4(11)12)6(15,16)8(19,20)9(21,22)7(17,18)5(13,14)2-10/h3-4H,2H2,1H3. The number of halogens is 13. The highest BCUT2D eigenvalue weighted by Crippen LogP contribution is 2.58. The van der Waals surface area contributed by atoms with Crippen molar-refractivity contribution in [1.82, 2.24) is 0 Å². The van der Waals surface area contributed by atoms with E-state index >= 15 is 0 Å². The number of alkyl halides is 13. The molecule has 1 atom stereocenters. The van der Waals surface area contributed by atoms with Crippen LogP contribution in [0, 0.1) is 5.92 Å². The van der Waals surface area contributed by atoms with E-state index in [-0.39, 0.29) is 6.92 Å². The molecule has 0 aliphatic rings. The smallest absolute Gasteiger partial charge is 0.244 e. The fourth-order valence-electron chi connectivity index (χ4n) is 1.16. The van der Waals surface area contributed by atoms with Crippen LogP contribution in [0.3, 0.4) is 0 Å². The Kier molecular flexibility index (Phi) is 5.39. The van der Waals surface area contributed by atoms with Crippen LogP contribution in [0.25, 0.3) is 0 Å². The van der Waals surface area contributed by atoms with Crippen molar-refractivity contribution in [3.8, 4) is 0 Å². The largest absolute Gasteiger partial charge is 0.384 e. The zero-order valence-electron chi connectivity index (χ0n) is 10.3. The van der Waals surface area contributed by atoms with Crippen LogP contribution in [0.5, 0.6) is 0 Å². The fraction of sp³-hybridized carbons (Fsp3) is 1.00. The summed E-state index contributed by atoms with van der Waals surface area (Å²) < 4.78 is 164. The Morgan fingerprint density at radius 2 is 1.05 bits per heavy atom. The van der Waals surface area contributed by atoms with Crippen molar-refractivity contribution in [3.63, 3.8) is 0 Å². The number of rotatable bonds is 7. The molecule has 1 unspecified atom stereocenters. The summed E-state index contributed by atoms with van der Waals surface area (Å²) in [5.41, 5.74) is 0. The first-order valence-electron chi connectivity index (χ1n) is 5.15. The van der Waals surface area contributed by atoms with Crippen molar-refractivity contribution in [2.45, 2.75) is 43.0 Å². The minimum atomic E-state index is -7.51. The van der Waals surface area contributed by atoms with Gasteiger partial charge in [-0.15, -0.1) is 0 Å². The molecule has 0 N–H and O–H groups in total. The zero-order chi connectivity index (χ0) is 18.4. The highest BCUT2D eigenvalue weighted by molar-refractivity contribution is 5.09. The highest BCUT2D eigenvalue weighted by atomic mass is 19.4. The Hall–Kier alpha value is -0.910. The van der Waals surface area contributed by atoms with Crippen molar-refractivity contribution >= 4 is 0 Å². The lowest BCUT2D eigenvalue weighted by Crippen LogP contribution is -2.69. The first-order chi connectivity index (χ1) is 9.41. The molecule has 0 aromatic heterocycles. The molecule has 22 heavy (non-hydrogen) atoms. The van der Waals surface area contributed by atoms with Gasteiger partial charge in [-0.2, -0.15) is 43.9 Å². The van der Waals surface area contributed by atoms with Crippen LogP contribution in [-0.2, 0) is 0 Å². The summed E-state index contributed by atoms with van der Waals surface area (Å²) in [4.78, 5) is 0. The summed E-state index contributed by atoms with van der Waals surface area (Å²) in [6.07, 6.45) is -4.35. The molecule has 0 radical (unpaired) electrons. The molecule has 0 aliphatic carbocycles. The van der Waals surface area contributed by atoms with Gasteiger partial charge in [0.25, 0.3) is 0 Å². The monoisotopic (exact) mass is 362 g/mol. The van der Waals surface area contributed by atoms with Crippen molar-refractivity contribution in [1.29, 1.82) is 0 Å². The topological polar surface area (TPSA) is 0 Å². The van der Waals surface area contributed by atoms with E-state index in [0.29, 0.717) is 0 Å². The molecule has 0 aromatic rings. The van der Waals surface area contributed by atoms with E-state index in [2.05, 4.69) is 0 Å². The first-order valence-corrected chi connectivity index (χ1v) is 5.15. The number of hydrogen-bond acceptors (Lipinski definition) is 0. The van der Waals surface area contributed by atoms with Gasteiger partial charge in [-0.05, 0) is 0 Å². The summed E-state index contributed by atoms with van der Waals surface area (Å²) in [5, 5.41) is 0. The van der Waals surface area contributed by atoms with Gasteiger partial charge in [-0.25, -0.2) is 13.2 Å². The summed E-state index contributed by atoms with van der Waals surface area (Å²) >= 11 is 0. The van der Waals surface area contributed by atoms with Crippen molar-refractivity contribution in [3.05, 3.63) is 0 Å². The second kappa shape index (κ2) is 5.62. The third-order valence-corrected chi connectivity index (χ3v) is 2.78. The van der Waals surface area contributed by atoms with Crippen molar-refractivity contribution in [2.24, 2.45) is 5.92 Å². The Balaban J connectivity index is 6.07. The minimum Gasteiger partial charge on any atom is -0.244 e. The Labute approximate surface area is 114 Å². The highest BCUT2D eigenvalue weighted by Gasteiger charge is 2.87. The molecule has 13 heteroatoms. The van der Waals surface area contributed by atoms with Crippen molar-refractivity contribution < 1.29 is 57.1 Å². The zero-order valence-corrected chi connectivity index (χ0v) is 10.3. The maximum Gasteiger partial charge on any atom is 0.384 e. The molecule has 0 fully saturated rings. The van der Waals surface area contributed by atoms with Crippen LogP contribution in [0.4, 0.5) is 57.1 Å². The van der Waals surface area contributed by atoms with Crippen LogP contribution >= 0.6 is 0 Å². The lowest BCUT2D eigenvalue weighted by atomic mass is 9.89. The minimum absolute atomic E-state index is 0.375. The van der Waals surface area contributed by atoms with E-state index in [4.69, 9.17) is 0 Å². The molecule has 0 bridgehead atoms. The second-order valence-corrected chi connectivity index (χ2v) is 4.31. The molecule has 0 nitrogen and oxygen atoms in total. The quantitative estimate of drug-likeness (QED) is 0.557. The van der Waals surface area contributed by atoms with Crippen LogP contribution in [0.15, 0.2) is 0 Å². The van der Waals surface area contributed by atoms with Crippen LogP contribution < -0.4 is 0 Å². The van der Waals surface area contributed by atoms with Gasteiger partial charge in [0.15, 0.2) is 6.67 Å². The first kappa shape index (κ1) is 21.1. The predicted octanol–water partition coefficient (Wildman–Crippen LogP) is 5.03. The number of hydrogen-bond donors (Lipinski definition) is 0. The van der Waals surface area contributed by atoms with Crippen LogP contribution in [-0.4, -0.2) is 42.7 Å². The SMILES string of the molecule is CC(C(F)F)C(F)(F)C(F)(F)C(F)(F)C(F)(F)C(F)(F)CF. The van der Waals surface area contributed by atoms with Gasteiger partial charge in [0.1, 0.15) is 0 Å².